The van der Waals surface area contributed by atoms with E-state index in [-0.39, 0.29) is 11.9 Å². The Labute approximate surface area is 91.8 Å². The Kier molecular flexibility index (Phi) is 5.05. The van der Waals surface area contributed by atoms with Crippen molar-refractivity contribution in [2.45, 2.75) is 32.2 Å². The molecule has 1 amide bonds. The van der Waals surface area contributed by atoms with E-state index in [0.717, 1.165) is 19.4 Å². The molecule has 0 aliphatic carbocycles. The van der Waals surface area contributed by atoms with Crippen LogP contribution < -0.4 is 5.73 Å². The van der Waals surface area contributed by atoms with Crippen molar-refractivity contribution in [2.24, 2.45) is 11.7 Å². The van der Waals surface area contributed by atoms with Crippen molar-refractivity contribution >= 4 is 5.91 Å². The fourth-order valence-electron chi connectivity index (χ4n) is 1.70. The van der Waals surface area contributed by atoms with Gasteiger partial charge < -0.3 is 15.4 Å². The maximum Gasteiger partial charge on any atom is 0.222 e. The molecule has 1 rings (SSSR count). The molecule has 1 aliphatic heterocycles. The highest BCUT2D eigenvalue weighted by atomic mass is 16.5. The van der Waals surface area contributed by atoms with Gasteiger partial charge in [-0.15, -0.1) is 0 Å². The van der Waals surface area contributed by atoms with Crippen LogP contribution in [0.25, 0.3) is 0 Å². The summed E-state index contributed by atoms with van der Waals surface area (Å²) < 4.78 is 5.26. The molecule has 1 saturated heterocycles. The fourth-order valence-corrected chi connectivity index (χ4v) is 1.70. The van der Waals surface area contributed by atoms with Gasteiger partial charge in [0.25, 0.3) is 0 Å². The number of likely N-dealkylation sites (N-methyl/N-ethyl adjacent to an activating group) is 1. The second-order valence-electron chi connectivity index (χ2n) is 4.40. The highest BCUT2D eigenvalue weighted by Gasteiger charge is 2.23. The van der Waals surface area contributed by atoms with Crippen LogP contribution in [0, 0.1) is 5.92 Å². The van der Waals surface area contributed by atoms with Gasteiger partial charge in [-0.1, -0.05) is 6.92 Å². The smallest absolute Gasteiger partial charge is 0.222 e. The van der Waals surface area contributed by atoms with E-state index < -0.39 is 0 Å². The van der Waals surface area contributed by atoms with Crippen LogP contribution >= 0.6 is 0 Å². The van der Waals surface area contributed by atoms with E-state index in [9.17, 15) is 4.79 Å². The van der Waals surface area contributed by atoms with Crippen LogP contribution in [0.3, 0.4) is 0 Å². The van der Waals surface area contributed by atoms with E-state index in [2.05, 4.69) is 6.92 Å². The molecule has 4 heteroatoms. The Balaban J connectivity index is 2.26. The van der Waals surface area contributed by atoms with Crippen LogP contribution in [0.4, 0.5) is 0 Å². The lowest BCUT2D eigenvalue weighted by molar-refractivity contribution is -0.132. The van der Waals surface area contributed by atoms with Crippen LogP contribution in [-0.2, 0) is 9.53 Å². The molecule has 0 aromatic rings. The SMILES string of the molecule is CC(CN)CCC(=O)N(C)C1CCOC1. The van der Waals surface area contributed by atoms with Gasteiger partial charge in [-0.3, -0.25) is 4.79 Å². The quantitative estimate of drug-likeness (QED) is 0.729. The molecule has 0 aromatic carbocycles. The number of hydrogen-bond acceptors (Lipinski definition) is 3. The largest absolute Gasteiger partial charge is 0.379 e. The summed E-state index contributed by atoms with van der Waals surface area (Å²) in [5.74, 6) is 0.646. The van der Waals surface area contributed by atoms with Crippen LogP contribution in [-0.4, -0.2) is 43.7 Å². The Bertz CT molecular complexity index is 203. The van der Waals surface area contributed by atoms with Crippen molar-refractivity contribution in [3.8, 4) is 0 Å². The molecule has 1 aliphatic rings. The predicted molar refractivity (Wildman–Crippen MR) is 59.4 cm³/mol. The monoisotopic (exact) mass is 214 g/mol. The third-order valence-corrected chi connectivity index (χ3v) is 3.10. The average Bonchev–Trinajstić information content (AvgIpc) is 2.77. The lowest BCUT2D eigenvalue weighted by Gasteiger charge is -2.23. The summed E-state index contributed by atoms with van der Waals surface area (Å²) >= 11 is 0. The van der Waals surface area contributed by atoms with Gasteiger partial charge in [-0.2, -0.15) is 0 Å². The number of hydrogen-bond donors (Lipinski definition) is 1. The maximum absolute atomic E-state index is 11.8. The van der Waals surface area contributed by atoms with Gasteiger partial charge in [0.2, 0.25) is 5.91 Å². The first-order chi connectivity index (χ1) is 7.15. The number of carbonyl (C=O) groups excluding carboxylic acids is 1. The highest BCUT2D eigenvalue weighted by molar-refractivity contribution is 5.76. The number of nitrogens with two attached hydrogens (primary N) is 1. The van der Waals surface area contributed by atoms with Crippen molar-refractivity contribution < 1.29 is 9.53 Å². The molecule has 4 nitrogen and oxygen atoms in total. The molecule has 0 spiro atoms. The van der Waals surface area contributed by atoms with Gasteiger partial charge in [0.15, 0.2) is 0 Å². The van der Waals surface area contributed by atoms with Gasteiger partial charge in [-0.25, -0.2) is 0 Å². The number of amides is 1. The van der Waals surface area contributed by atoms with Crippen molar-refractivity contribution in [3.63, 3.8) is 0 Å². The molecule has 0 aromatic heterocycles. The normalized spacial score (nSPS) is 22.7. The molecule has 0 radical (unpaired) electrons. The van der Waals surface area contributed by atoms with E-state index in [0.29, 0.717) is 25.5 Å². The number of ether oxygens (including phenoxy) is 1. The van der Waals surface area contributed by atoms with Gasteiger partial charge >= 0.3 is 0 Å². The zero-order valence-corrected chi connectivity index (χ0v) is 9.74. The van der Waals surface area contributed by atoms with E-state index in [4.69, 9.17) is 10.5 Å². The van der Waals surface area contributed by atoms with Gasteiger partial charge in [0, 0.05) is 20.1 Å². The predicted octanol–water partition coefficient (Wildman–Crippen LogP) is 0.609. The summed E-state index contributed by atoms with van der Waals surface area (Å²) in [4.78, 5) is 13.6. The number of rotatable bonds is 5. The first kappa shape index (κ1) is 12.5. The molecule has 1 fully saturated rings. The molecule has 2 unspecified atom stereocenters. The number of nitrogens with zero attached hydrogens (tertiary/aromatic N) is 1. The molecule has 2 atom stereocenters. The molecule has 2 N–H and O–H groups in total. The Morgan fingerprint density at radius 1 is 1.67 bits per heavy atom. The van der Waals surface area contributed by atoms with Crippen LogP contribution in [0.2, 0.25) is 0 Å². The summed E-state index contributed by atoms with van der Waals surface area (Å²) in [6.07, 6.45) is 2.45. The van der Waals surface area contributed by atoms with Crippen molar-refractivity contribution in [1.82, 2.24) is 4.90 Å². The molecule has 88 valence electrons. The molecular weight excluding hydrogens is 192 g/mol. The van der Waals surface area contributed by atoms with Gasteiger partial charge in [-0.05, 0) is 25.3 Å². The third kappa shape index (κ3) is 3.80. The minimum absolute atomic E-state index is 0.214. The first-order valence-corrected chi connectivity index (χ1v) is 5.68. The maximum atomic E-state index is 11.8. The number of carbonyl (C=O) groups is 1. The standard InChI is InChI=1S/C11H22N2O2/c1-9(7-12)3-4-11(14)13(2)10-5-6-15-8-10/h9-10H,3-8,12H2,1-2H3. The second kappa shape index (κ2) is 6.08. The van der Waals surface area contributed by atoms with E-state index in [1.807, 2.05) is 11.9 Å². The molecule has 0 bridgehead atoms. The van der Waals surface area contributed by atoms with Gasteiger partial charge in [0.1, 0.15) is 0 Å². The Morgan fingerprint density at radius 2 is 2.40 bits per heavy atom. The van der Waals surface area contributed by atoms with E-state index in [1.165, 1.54) is 0 Å². The second-order valence-corrected chi connectivity index (χ2v) is 4.40. The summed E-state index contributed by atoms with van der Waals surface area (Å²) in [7, 11) is 1.87. The molecule has 1 heterocycles. The third-order valence-electron chi connectivity index (χ3n) is 3.10. The van der Waals surface area contributed by atoms with E-state index in [1.54, 1.807) is 0 Å². The van der Waals surface area contributed by atoms with Crippen molar-refractivity contribution in [3.05, 3.63) is 0 Å². The van der Waals surface area contributed by atoms with Gasteiger partial charge in [0.05, 0.1) is 12.6 Å². The summed E-state index contributed by atoms with van der Waals surface area (Å²) in [6, 6.07) is 0.283. The molecule has 0 saturated carbocycles. The summed E-state index contributed by atoms with van der Waals surface area (Å²) in [6.45, 7) is 4.20. The zero-order chi connectivity index (χ0) is 11.3. The van der Waals surface area contributed by atoms with E-state index >= 15 is 0 Å². The van der Waals surface area contributed by atoms with Crippen molar-refractivity contribution in [2.75, 3.05) is 26.8 Å². The minimum Gasteiger partial charge on any atom is -0.379 e. The lowest BCUT2D eigenvalue weighted by atomic mass is 10.1. The molecule has 15 heavy (non-hydrogen) atoms. The fraction of sp³-hybridized carbons (Fsp3) is 0.909. The van der Waals surface area contributed by atoms with Crippen molar-refractivity contribution in [1.29, 1.82) is 0 Å². The van der Waals surface area contributed by atoms with Crippen LogP contribution in [0.15, 0.2) is 0 Å². The first-order valence-electron chi connectivity index (χ1n) is 5.68. The lowest BCUT2D eigenvalue weighted by Crippen LogP contribution is -2.37. The molecular formula is C11H22N2O2. The zero-order valence-electron chi connectivity index (χ0n) is 9.74. The van der Waals surface area contributed by atoms with Crippen LogP contribution in [0.1, 0.15) is 26.2 Å². The minimum atomic E-state index is 0.214. The Morgan fingerprint density at radius 3 is 2.93 bits per heavy atom. The topological polar surface area (TPSA) is 55.6 Å². The Hall–Kier alpha value is -0.610. The summed E-state index contributed by atoms with van der Waals surface area (Å²) in [5, 5.41) is 0. The highest BCUT2D eigenvalue weighted by Crippen LogP contribution is 2.13. The average molecular weight is 214 g/mol. The summed E-state index contributed by atoms with van der Waals surface area (Å²) in [5.41, 5.74) is 5.51. The van der Waals surface area contributed by atoms with Crippen LogP contribution in [0.5, 0.6) is 0 Å².